The Hall–Kier alpha value is -3.56. The highest BCUT2D eigenvalue weighted by molar-refractivity contribution is 6.31. The summed E-state index contributed by atoms with van der Waals surface area (Å²) in [6.45, 7) is 0. The van der Waals surface area contributed by atoms with Crippen molar-refractivity contribution in [2.24, 2.45) is 0 Å². The van der Waals surface area contributed by atoms with E-state index in [1.54, 1.807) is 54.6 Å². The first kappa shape index (κ1) is 18.2. The van der Waals surface area contributed by atoms with E-state index in [0.29, 0.717) is 27.7 Å². The monoisotopic (exact) mass is 378 g/mol. The molecule has 0 radical (unpaired) electrons. The number of ether oxygens (including phenoxy) is 1. The summed E-state index contributed by atoms with van der Waals surface area (Å²) in [4.78, 5) is 16.7. The molecular weight excluding hydrogens is 364 g/mol. The first-order chi connectivity index (χ1) is 13.1. The maximum absolute atomic E-state index is 12.5. The van der Waals surface area contributed by atoms with Crippen molar-refractivity contribution >= 4 is 34.6 Å². The van der Waals surface area contributed by atoms with Crippen LogP contribution in [-0.2, 0) is 0 Å². The number of carbonyl (C=O) groups excluding carboxylic acids is 1. The molecule has 7 heteroatoms. The molecule has 0 saturated carbocycles. The number of benzene rings is 2. The van der Waals surface area contributed by atoms with Crippen LogP contribution in [0.3, 0.4) is 0 Å². The highest BCUT2D eigenvalue weighted by atomic mass is 35.5. The zero-order valence-corrected chi connectivity index (χ0v) is 15.1. The largest absolute Gasteiger partial charge is 0.495 e. The predicted molar refractivity (Wildman–Crippen MR) is 105 cm³/mol. The molecule has 1 aromatic heterocycles. The minimum Gasteiger partial charge on any atom is -0.495 e. The summed E-state index contributed by atoms with van der Waals surface area (Å²) in [5, 5.41) is 15.3. The number of hydrogen-bond donors (Lipinski definition) is 2. The minimum atomic E-state index is -0.390. The Labute approximate surface area is 161 Å². The van der Waals surface area contributed by atoms with Gasteiger partial charge in [-0.15, -0.1) is 0 Å². The fourth-order valence-corrected chi connectivity index (χ4v) is 2.56. The van der Waals surface area contributed by atoms with Crippen molar-refractivity contribution in [2.75, 3.05) is 17.7 Å². The Balaban J connectivity index is 1.77. The van der Waals surface area contributed by atoms with Gasteiger partial charge in [-0.2, -0.15) is 5.26 Å². The summed E-state index contributed by atoms with van der Waals surface area (Å²) in [6.07, 6.45) is 1.54. The normalized spacial score (nSPS) is 9.96. The molecule has 0 aliphatic carbocycles. The summed E-state index contributed by atoms with van der Waals surface area (Å²) < 4.78 is 5.23. The molecule has 0 bridgehead atoms. The second kappa shape index (κ2) is 8.21. The molecule has 0 aliphatic rings. The predicted octanol–water partition coefficient (Wildman–Crippen LogP) is 4.61. The lowest BCUT2D eigenvalue weighted by Crippen LogP contribution is -2.14. The second-order valence-corrected chi connectivity index (χ2v) is 5.98. The number of pyridine rings is 1. The van der Waals surface area contributed by atoms with E-state index in [9.17, 15) is 4.79 Å². The summed E-state index contributed by atoms with van der Waals surface area (Å²) in [5.41, 5.74) is 2.75. The van der Waals surface area contributed by atoms with Gasteiger partial charge in [0.25, 0.3) is 5.91 Å². The van der Waals surface area contributed by atoms with Crippen molar-refractivity contribution in [1.82, 2.24) is 4.98 Å². The Kier molecular flexibility index (Phi) is 5.55. The van der Waals surface area contributed by atoms with Crippen LogP contribution in [0.25, 0.3) is 0 Å². The summed E-state index contributed by atoms with van der Waals surface area (Å²) in [5.74, 6) is 0.110. The average molecular weight is 379 g/mol. The van der Waals surface area contributed by atoms with Crippen LogP contribution >= 0.6 is 11.6 Å². The van der Waals surface area contributed by atoms with Gasteiger partial charge in [-0.05, 0) is 54.6 Å². The van der Waals surface area contributed by atoms with Gasteiger partial charge in [0.15, 0.2) is 0 Å². The maximum Gasteiger partial charge on any atom is 0.274 e. The van der Waals surface area contributed by atoms with Gasteiger partial charge < -0.3 is 15.4 Å². The molecular formula is C20H15ClN4O2. The number of aromatic nitrogens is 1. The molecule has 2 aromatic carbocycles. The molecule has 134 valence electrons. The van der Waals surface area contributed by atoms with Gasteiger partial charge in [0, 0.05) is 22.6 Å². The topological polar surface area (TPSA) is 87.0 Å². The number of nitriles is 1. The van der Waals surface area contributed by atoms with Gasteiger partial charge in [-0.3, -0.25) is 9.78 Å². The lowest BCUT2D eigenvalue weighted by Gasteiger charge is -2.11. The van der Waals surface area contributed by atoms with Crippen LogP contribution in [0.15, 0.2) is 60.8 Å². The SMILES string of the molecule is COc1ccc(Cl)cc1NC(=O)c1cc(Nc2ccc(C#N)cc2)ccn1. The summed E-state index contributed by atoms with van der Waals surface area (Å²) >= 11 is 5.99. The van der Waals surface area contributed by atoms with Crippen molar-refractivity contribution < 1.29 is 9.53 Å². The van der Waals surface area contributed by atoms with E-state index < -0.39 is 0 Å². The fraction of sp³-hybridized carbons (Fsp3) is 0.0500. The van der Waals surface area contributed by atoms with Crippen molar-refractivity contribution in [1.29, 1.82) is 5.26 Å². The molecule has 0 aliphatic heterocycles. The van der Waals surface area contributed by atoms with Crippen LogP contribution in [0.4, 0.5) is 17.1 Å². The highest BCUT2D eigenvalue weighted by Crippen LogP contribution is 2.28. The Morgan fingerprint density at radius 1 is 1.11 bits per heavy atom. The van der Waals surface area contributed by atoms with Crippen LogP contribution in [0, 0.1) is 11.3 Å². The molecule has 2 N–H and O–H groups in total. The lowest BCUT2D eigenvalue weighted by atomic mass is 10.2. The van der Waals surface area contributed by atoms with Gasteiger partial charge in [0.2, 0.25) is 0 Å². The molecule has 0 fully saturated rings. The average Bonchev–Trinajstić information content (AvgIpc) is 2.69. The van der Waals surface area contributed by atoms with Gasteiger partial charge in [-0.1, -0.05) is 11.6 Å². The molecule has 3 rings (SSSR count). The molecule has 0 atom stereocenters. The van der Waals surface area contributed by atoms with E-state index >= 15 is 0 Å². The summed E-state index contributed by atoms with van der Waals surface area (Å²) in [7, 11) is 1.51. The first-order valence-electron chi connectivity index (χ1n) is 7.97. The Morgan fingerprint density at radius 3 is 2.59 bits per heavy atom. The van der Waals surface area contributed by atoms with Gasteiger partial charge in [0.1, 0.15) is 11.4 Å². The van der Waals surface area contributed by atoms with Crippen LogP contribution in [0.5, 0.6) is 5.75 Å². The van der Waals surface area contributed by atoms with Crippen molar-refractivity contribution in [3.8, 4) is 11.8 Å². The van der Waals surface area contributed by atoms with E-state index in [0.717, 1.165) is 5.69 Å². The van der Waals surface area contributed by atoms with Gasteiger partial charge >= 0.3 is 0 Å². The first-order valence-corrected chi connectivity index (χ1v) is 8.35. The third-order valence-electron chi connectivity index (χ3n) is 3.70. The van der Waals surface area contributed by atoms with E-state index in [-0.39, 0.29) is 11.6 Å². The van der Waals surface area contributed by atoms with Crippen molar-refractivity contribution in [3.05, 3.63) is 77.1 Å². The number of nitrogens with one attached hydrogen (secondary N) is 2. The van der Waals surface area contributed by atoms with E-state index in [1.165, 1.54) is 13.3 Å². The highest BCUT2D eigenvalue weighted by Gasteiger charge is 2.12. The number of methoxy groups -OCH3 is 1. The molecule has 0 unspecified atom stereocenters. The molecule has 1 heterocycles. The van der Waals surface area contributed by atoms with E-state index in [2.05, 4.69) is 21.7 Å². The number of nitrogens with zero attached hydrogens (tertiary/aromatic N) is 2. The number of amides is 1. The van der Waals surface area contributed by atoms with Crippen LogP contribution < -0.4 is 15.4 Å². The molecule has 6 nitrogen and oxygen atoms in total. The van der Waals surface area contributed by atoms with Crippen molar-refractivity contribution in [3.63, 3.8) is 0 Å². The van der Waals surface area contributed by atoms with Crippen molar-refractivity contribution in [2.45, 2.75) is 0 Å². The molecule has 1 amide bonds. The molecule has 0 spiro atoms. The van der Waals surface area contributed by atoms with Gasteiger partial charge in [0.05, 0.1) is 24.4 Å². The Bertz CT molecular complexity index is 1010. The zero-order valence-electron chi connectivity index (χ0n) is 14.4. The third kappa shape index (κ3) is 4.54. The number of halogens is 1. The smallest absolute Gasteiger partial charge is 0.274 e. The second-order valence-electron chi connectivity index (χ2n) is 5.54. The molecule has 0 saturated heterocycles. The number of carbonyl (C=O) groups is 1. The fourth-order valence-electron chi connectivity index (χ4n) is 2.39. The quantitative estimate of drug-likeness (QED) is 0.676. The number of anilines is 3. The van der Waals surface area contributed by atoms with E-state index in [1.807, 2.05) is 0 Å². The maximum atomic E-state index is 12.5. The lowest BCUT2D eigenvalue weighted by molar-refractivity contribution is 0.102. The van der Waals surface area contributed by atoms with Gasteiger partial charge in [-0.25, -0.2) is 0 Å². The van der Waals surface area contributed by atoms with Crippen LogP contribution in [0.2, 0.25) is 5.02 Å². The zero-order chi connectivity index (χ0) is 19.2. The Morgan fingerprint density at radius 2 is 1.89 bits per heavy atom. The van der Waals surface area contributed by atoms with E-state index in [4.69, 9.17) is 21.6 Å². The molecule has 27 heavy (non-hydrogen) atoms. The minimum absolute atomic E-state index is 0.232. The summed E-state index contributed by atoms with van der Waals surface area (Å²) in [6, 6.07) is 17.4. The van der Waals surface area contributed by atoms with Crippen LogP contribution in [0.1, 0.15) is 16.1 Å². The number of hydrogen-bond acceptors (Lipinski definition) is 5. The third-order valence-corrected chi connectivity index (χ3v) is 3.94. The number of rotatable bonds is 5. The molecule has 3 aromatic rings. The van der Waals surface area contributed by atoms with Crippen LogP contribution in [-0.4, -0.2) is 18.0 Å². The standard InChI is InChI=1S/C20H15ClN4O2/c1-27-19-7-4-14(21)10-17(19)25-20(26)18-11-16(8-9-23-18)24-15-5-2-13(12-22)3-6-15/h2-11H,1H3,(H,23,24)(H,25,26).